The van der Waals surface area contributed by atoms with Crippen molar-refractivity contribution in [3.63, 3.8) is 0 Å². The highest BCUT2D eigenvalue weighted by Gasteiger charge is 2.33. The first-order valence-electron chi connectivity index (χ1n) is 9.54. The maximum atomic E-state index is 12.7. The van der Waals surface area contributed by atoms with Crippen LogP contribution in [-0.2, 0) is 0 Å². The Morgan fingerprint density at radius 2 is 1.96 bits per heavy atom. The lowest BCUT2D eigenvalue weighted by Crippen LogP contribution is -2.56. The molecule has 2 aliphatic rings. The van der Waals surface area contributed by atoms with Gasteiger partial charge in [-0.15, -0.1) is 11.3 Å². The monoisotopic (exact) mass is 395 g/mol. The molecule has 0 unspecified atom stereocenters. The van der Waals surface area contributed by atoms with Gasteiger partial charge in [0, 0.05) is 23.4 Å². The number of hydrogen-bond donors (Lipinski definition) is 0. The van der Waals surface area contributed by atoms with E-state index in [1.807, 2.05) is 42.7 Å². The second-order valence-corrected chi connectivity index (χ2v) is 8.87. The first kappa shape index (κ1) is 17.4. The zero-order valence-corrected chi connectivity index (χ0v) is 16.7. The first-order valence-corrected chi connectivity index (χ1v) is 10.4. The van der Waals surface area contributed by atoms with Crippen molar-refractivity contribution in [3.05, 3.63) is 57.0 Å². The number of likely N-dealkylation sites (tertiary alicyclic amines) is 1. The fourth-order valence-electron chi connectivity index (χ4n) is 3.78. The Kier molecular flexibility index (Phi) is 4.01. The molecule has 3 aromatic rings. The lowest BCUT2D eigenvalue weighted by atomic mass is 10.1. The highest BCUT2D eigenvalue weighted by Crippen LogP contribution is 2.35. The average molecular weight is 395 g/mol. The molecule has 7 heteroatoms. The molecule has 1 aliphatic heterocycles. The van der Waals surface area contributed by atoms with Gasteiger partial charge in [-0.1, -0.05) is 0 Å². The summed E-state index contributed by atoms with van der Waals surface area (Å²) in [5, 5.41) is 0.996. The molecule has 0 atom stereocenters. The molecule has 0 bridgehead atoms. The average Bonchev–Trinajstić information content (AvgIpc) is 3.36. The minimum absolute atomic E-state index is 0.00194. The van der Waals surface area contributed by atoms with E-state index in [1.165, 1.54) is 0 Å². The standard InChI is InChI=1S/C21H21N3O3S/c1-12-7-16(9-20(25)24(12)15-4-5-15)27-17-10-23(11-17)21(26)14-3-6-18-19(8-14)28-13(2)22-18/h3,6-9,15,17H,4-5,10-11H2,1-2H3. The zero-order chi connectivity index (χ0) is 19.4. The number of ether oxygens (including phenoxy) is 1. The van der Waals surface area contributed by atoms with Gasteiger partial charge in [0.2, 0.25) is 0 Å². The topological polar surface area (TPSA) is 64.4 Å². The second kappa shape index (κ2) is 6.44. The van der Waals surface area contributed by atoms with Gasteiger partial charge in [-0.25, -0.2) is 4.98 Å². The van der Waals surface area contributed by atoms with Crippen LogP contribution in [0.2, 0.25) is 0 Å². The van der Waals surface area contributed by atoms with E-state index in [2.05, 4.69) is 4.98 Å². The molecule has 1 saturated heterocycles. The Hall–Kier alpha value is -2.67. The fraction of sp³-hybridized carbons (Fsp3) is 0.381. The van der Waals surface area contributed by atoms with Crippen LogP contribution in [0.3, 0.4) is 0 Å². The molecule has 6 nitrogen and oxygen atoms in total. The van der Waals surface area contributed by atoms with E-state index in [1.54, 1.807) is 22.3 Å². The number of thiazole rings is 1. The lowest BCUT2D eigenvalue weighted by molar-refractivity contribution is 0.0176. The second-order valence-electron chi connectivity index (χ2n) is 7.64. The molecule has 1 aromatic carbocycles. The Bertz CT molecular complexity index is 1140. The Labute approximate surface area is 166 Å². The van der Waals surface area contributed by atoms with Gasteiger partial charge in [0.1, 0.15) is 11.9 Å². The zero-order valence-electron chi connectivity index (χ0n) is 15.8. The largest absolute Gasteiger partial charge is 0.486 e. The van der Waals surface area contributed by atoms with Crippen LogP contribution in [0.25, 0.3) is 10.2 Å². The third kappa shape index (κ3) is 3.09. The number of rotatable bonds is 4. The number of aryl methyl sites for hydroxylation is 2. The van der Waals surface area contributed by atoms with Crippen LogP contribution in [0.4, 0.5) is 0 Å². The molecule has 2 fully saturated rings. The van der Waals surface area contributed by atoms with Crippen molar-refractivity contribution >= 4 is 27.5 Å². The summed E-state index contributed by atoms with van der Waals surface area (Å²) in [4.78, 5) is 31.2. The van der Waals surface area contributed by atoms with Gasteiger partial charge in [0.15, 0.2) is 0 Å². The predicted molar refractivity (Wildman–Crippen MR) is 108 cm³/mol. The number of fused-ring (bicyclic) bond motifs is 1. The molecule has 1 aliphatic carbocycles. The molecule has 3 heterocycles. The van der Waals surface area contributed by atoms with Crippen LogP contribution < -0.4 is 10.3 Å². The van der Waals surface area contributed by atoms with Crippen LogP contribution in [0.5, 0.6) is 5.75 Å². The summed E-state index contributed by atoms with van der Waals surface area (Å²) < 4.78 is 8.82. The number of benzene rings is 1. The third-order valence-electron chi connectivity index (χ3n) is 5.33. The van der Waals surface area contributed by atoms with E-state index in [-0.39, 0.29) is 17.6 Å². The SMILES string of the molecule is Cc1nc2ccc(C(=O)N3CC(Oc4cc(C)n(C5CC5)c(=O)c4)C3)cc2s1. The number of hydrogen-bond acceptors (Lipinski definition) is 5. The molecule has 28 heavy (non-hydrogen) atoms. The summed E-state index contributed by atoms with van der Waals surface area (Å²) in [6.45, 7) is 4.97. The number of nitrogens with zero attached hydrogens (tertiary/aromatic N) is 3. The number of pyridine rings is 1. The number of amides is 1. The summed E-state index contributed by atoms with van der Waals surface area (Å²) in [5.74, 6) is 0.603. The van der Waals surface area contributed by atoms with Crippen molar-refractivity contribution in [2.45, 2.75) is 38.8 Å². The fourth-order valence-corrected chi connectivity index (χ4v) is 4.64. The van der Waals surface area contributed by atoms with Gasteiger partial charge in [-0.2, -0.15) is 0 Å². The van der Waals surface area contributed by atoms with E-state index < -0.39 is 0 Å². The van der Waals surface area contributed by atoms with Crippen LogP contribution in [0.15, 0.2) is 35.1 Å². The van der Waals surface area contributed by atoms with Crippen LogP contribution in [0.1, 0.15) is 39.9 Å². The van der Waals surface area contributed by atoms with Gasteiger partial charge in [-0.3, -0.25) is 9.59 Å². The molecule has 0 N–H and O–H groups in total. The van der Waals surface area contributed by atoms with Crippen molar-refractivity contribution in [3.8, 4) is 5.75 Å². The van der Waals surface area contributed by atoms with Crippen molar-refractivity contribution in [1.29, 1.82) is 0 Å². The Morgan fingerprint density at radius 3 is 2.68 bits per heavy atom. The Morgan fingerprint density at radius 1 is 1.18 bits per heavy atom. The number of carbonyl (C=O) groups is 1. The van der Waals surface area contributed by atoms with Gasteiger partial charge >= 0.3 is 0 Å². The molecule has 0 spiro atoms. The molecular formula is C21H21N3O3S. The van der Waals surface area contributed by atoms with Crippen molar-refractivity contribution in [1.82, 2.24) is 14.5 Å². The minimum Gasteiger partial charge on any atom is -0.486 e. The Balaban J connectivity index is 1.24. The molecule has 1 saturated carbocycles. The summed E-state index contributed by atoms with van der Waals surface area (Å²) in [5.41, 5.74) is 2.54. The van der Waals surface area contributed by atoms with Gasteiger partial charge < -0.3 is 14.2 Å². The van der Waals surface area contributed by atoms with E-state index in [0.29, 0.717) is 30.4 Å². The minimum atomic E-state index is -0.0751. The van der Waals surface area contributed by atoms with Gasteiger partial charge in [0.05, 0.1) is 28.3 Å². The molecule has 1 amide bonds. The smallest absolute Gasteiger partial charge is 0.254 e. The van der Waals surface area contributed by atoms with Crippen molar-refractivity contribution in [2.75, 3.05) is 13.1 Å². The highest BCUT2D eigenvalue weighted by molar-refractivity contribution is 7.18. The van der Waals surface area contributed by atoms with Crippen molar-refractivity contribution < 1.29 is 9.53 Å². The number of aromatic nitrogens is 2. The van der Waals surface area contributed by atoms with Gasteiger partial charge in [0.25, 0.3) is 11.5 Å². The normalized spacial score (nSPS) is 17.0. The summed E-state index contributed by atoms with van der Waals surface area (Å²) >= 11 is 1.60. The molecule has 0 radical (unpaired) electrons. The summed E-state index contributed by atoms with van der Waals surface area (Å²) in [6.07, 6.45) is 2.08. The lowest BCUT2D eigenvalue weighted by Gasteiger charge is -2.39. The van der Waals surface area contributed by atoms with Crippen LogP contribution >= 0.6 is 11.3 Å². The molecule has 5 rings (SSSR count). The van der Waals surface area contributed by atoms with E-state index >= 15 is 0 Å². The van der Waals surface area contributed by atoms with Gasteiger partial charge in [-0.05, 0) is 51.0 Å². The maximum absolute atomic E-state index is 12.7. The van der Waals surface area contributed by atoms with Crippen LogP contribution in [0, 0.1) is 13.8 Å². The summed E-state index contributed by atoms with van der Waals surface area (Å²) in [6, 6.07) is 9.49. The molecule has 144 valence electrons. The highest BCUT2D eigenvalue weighted by atomic mass is 32.1. The van der Waals surface area contributed by atoms with E-state index in [9.17, 15) is 9.59 Å². The number of carbonyl (C=O) groups excluding carboxylic acids is 1. The maximum Gasteiger partial charge on any atom is 0.254 e. The first-order chi connectivity index (χ1) is 13.5. The quantitative estimate of drug-likeness (QED) is 0.680. The van der Waals surface area contributed by atoms with E-state index in [0.717, 1.165) is 33.8 Å². The van der Waals surface area contributed by atoms with Crippen LogP contribution in [-0.4, -0.2) is 39.6 Å². The third-order valence-corrected chi connectivity index (χ3v) is 6.26. The predicted octanol–water partition coefficient (Wildman–Crippen LogP) is 3.31. The molecular weight excluding hydrogens is 374 g/mol. The van der Waals surface area contributed by atoms with Crippen molar-refractivity contribution in [2.24, 2.45) is 0 Å². The summed E-state index contributed by atoms with van der Waals surface area (Å²) in [7, 11) is 0. The molecule has 2 aromatic heterocycles. The van der Waals surface area contributed by atoms with E-state index in [4.69, 9.17) is 4.74 Å².